The van der Waals surface area contributed by atoms with Crippen molar-refractivity contribution in [3.8, 4) is 0 Å². The summed E-state index contributed by atoms with van der Waals surface area (Å²) in [4.78, 5) is 4.94. The first-order chi connectivity index (χ1) is 8.88. The second-order valence-electron chi connectivity index (χ2n) is 6.70. The van der Waals surface area contributed by atoms with Gasteiger partial charge in [0.25, 0.3) is 0 Å². The molecule has 0 radical (unpaired) electrons. The molecule has 0 heterocycles. The molecule has 0 aromatic carbocycles. The molecule has 0 aliphatic heterocycles. The van der Waals surface area contributed by atoms with Gasteiger partial charge in [-0.3, -0.25) is 4.90 Å². The summed E-state index contributed by atoms with van der Waals surface area (Å²) >= 11 is 0. The zero-order valence-electron chi connectivity index (χ0n) is 14.4. The fourth-order valence-corrected chi connectivity index (χ4v) is 2.37. The van der Waals surface area contributed by atoms with E-state index in [2.05, 4.69) is 63.8 Å². The molecule has 1 N–H and O–H groups in total. The SMILES string of the molecule is CCCN(CCN(C)C)C(CNCC(C)C)C(C)C. The van der Waals surface area contributed by atoms with Gasteiger partial charge in [0.15, 0.2) is 0 Å². The largest absolute Gasteiger partial charge is 0.315 e. The highest BCUT2D eigenvalue weighted by molar-refractivity contribution is 4.78. The van der Waals surface area contributed by atoms with Crippen molar-refractivity contribution in [3.05, 3.63) is 0 Å². The molecule has 0 aromatic rings. The minimum Gasteiger partial charge on any atom is -0.315 e. The molecule has 0 saturated carbocycles. The third-order valence-electron chi connectivity index (χ3n) is 3.49. The van der Waals surface area contributed by atoms with Crippen molar-refractivity contribution < 1.29 is 0 Å². The van der Waals surface area contributed by atoms with Gasteiger partial charge in [-0.15, -0.1) is 0 Å². The molecule has 3 heteroatoms. The van der Waals surface area contributed by atoms with Gasteiger partial charge >= 0.3 is 0 Å². The lowest BCUT2D eigenvalue weighted by molar-refractivity contribution is 0.139. The predicted octanol–water partition coefficient (Wildman–Crippen LogP) is 2.53. The Kier molecular flexibility index (Phi) is 10.6. The summed E-state index contributed by atoms with van der Waals surface area (Å²) in [6.45, 7) is 17.3. The number of likely N-dealkylation sites (N-methyl/N-ethyl adjacent to an activating group) is 1. The maximum atomic E-state index is 3.64. The topological polar surface area (TPSA) is 18.5 Å². The second kappa shape index (κ2) is 10.6. The van der Waals surface area contributed by atoms with E-state index in [1.165, 1.54) is 19.5 Å². The summed E-state index contributed by atoms with van der Waals surface area (Å²) in [6.07, 6.45) is 1.24. The number of hydrogen-bond acceptors (Lipinski definition) is 3. The Morgan fingerprint density at radius 2 is 1.53 bits per heavy atom. The van der Waals surface area contributed by atoms with Crippen molar-refractivity contribution in [1.29, 1.82) is 0 Å². The van der Waals surface area contributed by atoms with Crippen LogP contribution in [0.15, 0.2) is 0 Å². The molecule has 0 spiro atoms. The lowest BCUT2D eigenvalue weighted by Gasteiger charge is -2.35. The fourth-order valence-electron chi connectivity index (χ4n) is 2.37. The molecule has 1 unspecified atom stereocenters. The predicted molar refractivity (Wildman–Crippen MR) is 86.8 cm³/mol. The molecule has 0 rings (SSSR count). The van der Waals surface area contributed by atoms with Crippen LogP contribution in [0.25, 0.3) is 0 Å². The van der Waals surface area contributed by atoms with E-state index >= 15 is 0 Å². The van der Waals surface area contributed by atoms with Gasteiger partial charge in [-0.25, -0.2) is 0 Å². The van der Waals surface area contributed by atoms with Gasteiger partial charge in [-0.05, 0) is 45.4 Å². The number of nitrogens with one attached hydrogen (secondary N) is 1. The molecule has 0 aliphatic carbocycles. The first kappa shape index (κ1) is 18.9. The lowest BCUT2D eigenvalue weighted by atomic mass is 10.0. The van der Waals surface area contributed by atoms with Gasteiger partial charge < -0.3 is 10.2 Å². The van der Waals surface area contributed by atoms with E-state index < -0.39 is 0 Å². The van der Waals surface area contributed by atoms with Gasteiger partial charge in [0.05, 0.1) is 0 Å². The van der Waals surface area contributed by atoms with Crippen molar-refractivity contribution in [2.45, 2.75) is 47.1 Å². The van der Waals surface area contributed by atoms with Crippen LogP contribution in [0.1, 0.15) is 41.0 Å². The molecule has 0 fully saturated rings. The first-order valence-corrected chi connectivity index (χ1v) is 7.97. The summed E-state index contributed by atoms with van der Waals surface area (Å²) in [7, 11) is 4.32. The first-order valence-electron chi connectivity index (χ1n) is 7.97. The average molecular weight is 271 g/mol. The van der Waals surface area contributed by atoms with E-state index in [0.29, 0.717) is 12.0 Å². The van der Waals surface area contributed by atoms with Gasteiger partial charge in [-0.2, -0.15) is 0 Å². The van der Waals surface area contributed by atoms with E-state index in [0.717, 1.165) is 25.6 Å². The van der Waals surface area contributed by atoms with Crippen LogP contribution in [0.2, 0.25) is 0 Å². The van der Waals surface area contributed by atoms with E-state index in [4.69, 9.17) is 0 Å². The molecule has 0 bridgehead atoms. The monoisotopic (exact) mass is 271 g/mol. The van der Waals surface area contributed by atoms with E-state index in [9.17, 15) is 0 Å². The van der Waals surface area contributed by atoms with Crippen LogP contribution >= 0.6 is 0 Å². The lowest BCUT2D eigenvalue weighted by Crippen LogP contribution is -2.48. The minimum absolute atomic E-state index is 0.652. The van der Waals surface area contributed by atoms with Crippen molar-refractivity contribution in [1.82, 2.24) is 15.1 Å². The van der Waals surface area contributed by atoms with Crippen molar-refractivity contribution in [3.63, 3.8) is 0 Å². The molecular weight excluding hydrogens is 234 g/mol. The van der Waals surface area contributed by atoms with Crippen molar-refractivity contribution >= 4 is 0 Å². The summed E-state index contributed by atoms with van der Waals surface area (Å²) in [5.41, 5.74) is 0. The Morgan fingerprint density at radius 1 is 0.895 bits per heavy atom. The Morgan fingerprint density at radius 3 is 1.95 bits per heavy atom. The Bertz CT molecular complexity index is 202. The van der Waals surface area contributed by atoms with Crippen LogP contribution < -0.4 is 5.32 Å². The summed E-state index contributed by atoms with van der Waals surface area (Å²) in [6, 6.07) is 0.652. The van der Waals surface area contributed by atoms with Crippen LogP contribution in [0, 0.1) is 11.8 Å². The fraction of sp³-hybridized carbons (Fsp3) is 1.00. The highest BCUT2D eigenvalue weighted by Crippen LogP contribution is 2.11. The molecule has 0 aromatic heterocycles. The third kappa shape index (κ3) is 9.42. The van der Waals surface area contributed by atoms with Gasteiger partial charge in [-0.1, -0.05) is 34.6 Å². The molecule has 0 saturated heterocycles. The maximum Gasteiger partial charge on any atom is 0.0244 e. The van der Waals surface area contributed by atoms with E-state index in [1.54, 1.807) is 0 Å². The van der Waals surface area contributed by atoms with E-state index in [-0.39, 0.29) is 0 Å². The minimum atomic E-state index is 0.652. The standard InChI is InChI=1S/C16H37N3/c1-8-9-19(11-10-18(6)7)16(15(4)5)13-17-12-14(2)3/h14-17H,8-13H2,1-7H3. The smallest absolute Gasteiger partial charge is 0.0244 e. The third-order valence-corrected chi connectivity index (χ3v) is 3.49. The molecule has 0 amide bonds. The van der Waals surface area contributed by atoms with Crippen molar-refractivity contribution in [2.24, 2.45) is 11.8 Å². The molecule has 1 atom stereocenters. The van der Waals surface area contributed by atoms with Gasteiger partial charge in [0.1, 0.15) is 0 Å². The van der Waals surface area contributed by atoms with Gasteiger partial charge in [0.2, 0.25) is 0 Å². The van der Waals surface area contributed by atoms with Crippen LogP contribution in [-0.2, 0) is 0 Å². The maximum absolute atomic E-state index is 3.64. The highest BCUT2D eigenvalue weighted by atomic mass is 15.2. The van der Waals surface area contributed by atoms with E-state index in [1.807, 2.05) is 0 Å². The summed E-state index contributed by atoms with van der Waals surface area (Å²) < 4.78 is 0. The molecule has 0 aliphatic rings. The quantitative estimate of drug-likeness (QED) is 0.623. The van der Waals surface area contributed by atoms with Crippen molar-refractivity contribution in [2.75, 3.05) is 46.8 Å². The zero-order chi connectivity index (χ0) is 14.8. The summed E-state index contributed by atoms with van der Waals surface area (Å²) in [5.74, 6) is 1.43. The summed E-state index contributed by atoms with van der Waals surface area (Å²) in [5, 5.41) is 3.64. The number of nitrogens with zero attached hydrogens (tertiary/aromatic N) is 2. The van der Waals surface area contributed by atoms with Crippen LogP contribution in [0.4, 0.5) is 0 Å². The second-order valence-corrected chi connectivity index (χ2v) is 6.70. The highest BCUT2D eigenvalue weighted by Gasteiger charge is 2.20. The zero-order valence-corrected chi connectivity index (χ0v) is 14.4. The van der Waals surface area contributed by atoms with Gasteiger partial charge in [0, 0.05) is 25.7 Å². The van der Waals surface area contributed by atoms with Crippen LogP contribution in [0.5, 0.6) is 0 Å². The normalized spacial score (nSPS) is 14.1. The molecule has 116 valence electrons. The number of hydrogen-bond donors (Lipinski definition) is 1. The average Bonchev–Trinajstić information content (AvgIpc) is 2.29. The van der Waals surface area contributed by atoms with Crippen LogP contribution in [-0.4, -0.2) is 62.7 Å². The van der Waals surface area contributed by atoms with Crippen LogP contribution in [0.3, 0.4) is 0 Å². The number of rotatable bonds is 11. The molecule has 3 nitrogen and oxygen atoms in total. The molecular formula is C16H37N3. The molecule has 19 heavy (non-hydrogen) atoms. The Labute approximate surface area is 121 Å². The Hall–Kier alpha value is -0.120. The Balaban J connectivity index is 4.39.